The smallest absolute Gasteiger partial charge is 0.161 e. The fourth-order valence-corrected chi connectivity index (χ4v) is 2.80. The zero-order valence-electron chi connectivity index (χ0n) is 11.9. The fourth-order valence-electron chi connectivity index (χ4n) is 2.80. The molecular formula is C16H24O3. The van der Waals surface area contributed by atoms with Crippen LogP contribution in [0.15, 0.2) is 18.2 Å². The third-order valence-corrected chi connectivity index (χ3v) is 3.76. The van der Waals surface area contributed by atoms with E-state index in [0.717, 1.165) is 29.9 Å². The van der Waals surface area contributed by atoms with Gasteiger partial charge in [-0.05, 0) is 50.3 Å². The minimum Gasteiger partial charge on any atom is -0.490 e. The first-order chi connectivity index (χ1) is 9.26. The topological polar surface area (TPSA) is 38.7 Å². The zero-order chi connectivity index (χ0) is 13.7. The van der Waals surface area contributed by atoms with E-state index in [1.165, 1.54) is 12.8 Å². The molecule has 0 aliphatic heterocycles. The van der Waals surface area contributed by atoms with Crippen LogP contribution in [0.25, 0.3) is 0 Å². The van der Waals surface area contributed by atoms with Gasteiger partial charge in [-0.15, -0.1) is 0 Å². The van der Waals surface area contributed by atoms with E-state index < -0.39 is 0 Å². The highest BCUT2D eigenvalue weighted by Gasteiger charge is 2.25. The van der Waals surface area contributed by atoms with Crippen LogP contribution in [0.1, 0.15) is 51.2 Å². The fraction of sp³-hybridized carbons (Fsp3) is 0.625. The van der Waals surface area contributed by atoms with Crippen LogP contribution in [0.4, 0.5) is 0 Å². The summed E-state index contributed by atoms with van der Waals surface area (Å²) in [5.41, 5.74) is 0.943. The van der Waals surface area contributed by atoms with Gasteiger partial charge in [0, 0.05) is 0 Å². The standard InChI is InChI=1S/C16H24O3/c1-3-18-14-10-9-13(11-15(14)19-4-2)16(17)12-7-5-6-8-12/h9-12,16-17H,3-8H2,1-2H3. The molecule has 1 fully saturated rings. The zero-order valence-corrected chi connectivity index (χ0v) is 11.9. The van der Waals surface area contributed by atoms with Crippen molar-refractivity contribution in [1.29, 1.82) is 0 Å². The monoisotopic (exact) mass is 264 g/mol. The molecule has 0 bridgehead atoms. The number of aliphatic hydroxyl groups is 1. The summed E-state index contributed by atoms with van der Waals surface area (Å²) in [7, 11) is 0. The Morgan fingerprint density at radius 2 is 1.74 bits per heavy atom. The largest absolute Gasteiger partial charge is 0.490 e. The molecule has 19 heavy (non-hydrogen) atoms. The molecule has 1 atom stereocenters. The van der Waals surface area contributed by atoms with Crippen molar-refractivity contribution in [2.75, 3.05) is 13.2 Å². The molecule has 0 aromatic heterocycles. The van der Waals surface area contributed by atoms with Crippen molar-refractivity contribution in [3.63, 3.8) is 0 Å². The summed E-state index contributed by atoms with van der Waals surface area (Å²) < 4.78 is 11.2. The van der Waals surface area contributed by atoms with Gasteiger partial charge in [0.1, 0.15) is 0 Å². The lowest BCUT2D eigenvalue weighted by Gasteiger charge is -2.20. The number of ether oxygens (including phenoxy) is 2. The van der Waals surface area contributed by atoms with Crippen molar-refractivity contribution in [3.05, 3.63) is 23.8 Å². The maximum atomic E-state index is 10.4. The molecule has 0 radical (unpaired) electrons. The summed E-state index contributed by atoms with van der Waals surface area (Å²) in [6.07, 6.45) is 4.34. The van der Waals surface area contributed by atoms with Crippen molar-refractivity contribution < 1.29 is 14.6 Å². The van der Waals surface area contributed by atoms with Crippen molar-refractivity contribution >= 4 is 0 Å². The lowest BCUT2D eigenvalue weighted by molar-refractivity contribution is 0.111. The quantitative estimate of drug-likeness (QED) is 0.851. The molecule has 3 heteroatoms. The lowest BCUT2D eigenvalue weighted by Crippen LogP contribution is -2.09. The number of rotatable bonds is 6. The molecule has 0 spiro atoms. The molecule has 1 aromatic carbocycles. The molecule has 106 valence electrons. The first-order valence-electron chi connectivity index (χ1n) is 7.33. The predicted octanol–water partition coefficient (Wildman–Crippen LogP) is 3.71. The highest BCUT2D eigenvalue weighted by Crippen LogP contribution is 2.38. The first kappa shape index (κ1) is 14.2. The van der Waals surface area contributed by atoms with Gasteiger partial charge >= 0.3 is 0 Å². The highest BCUT2D eigenvalue weighted by atomic mass is 16.5. The molecular weight excluding hydrogens is 240 g/mol. The van der Waals surface area contributed by atoms with Crippen LogP contribution in [-0.2, 0) is 0 Å². The third-order valence-electron chi connectivity index (χ3n) is 3.76. The van der Waals surface area contributed by atoms with Crippen molar-refractivity contribution in [2.24, 2.45) is 5.92 Å². The summed E-state index contributed by atoms with van der Waals surface area (Å²) in [5, 5.41) is 10.4. The van der Waals surface area contributed by atoms with E-state index >= 15 is 0 Å². The number of benzene rings is 1. The van der Waals surface area contributed by atoms with E-state index in [9.17, 15) is 5.11 Å². The Balaban J connectivity index is 2.18. The molecule has 1 N–H and O–H groups in total. The maximum Gasteiger partial charge on any atom is 0.161 e. The molecule has 1 saturated carbocycles. The van der Waals surface area contributed by atoms with Crippen molar-refractivity contribution in [2.45, 2.75) is 45.6 Å². The van der Waals surface area contributed by atoms with Crippen LogP contribution in [0.5, 0.6) is 11.5 Å². The van der Waals surface area contributed by atoms with Gasteiger partial charge < -0.3 is 14.6 Å². The Kier molecular flexibility index (Phi) is 5.08. The summed E-state index contributed by atoms with van der Waals surface area (Å²) in [5.74, 6) is 1.89. The lowest BCUT2D eigenvalue weighted by atomic mass is 9.94. The van der Waals surface area contributed by atoms with E-state index in [1.54, 1.807) is 0 Å². The van der Waals surface area contributed by atoms with Gasteiger partial charge in [-0.1, -0.05) is 18.9 Å². The number of hydrogen-bond acceptors (Lipinski definition) is 3. The molecule has 1 unspecified atom stereocenters. The van der Waals surface area contributed by atoms with Gasteiger partial charge in [-0.3, -0.25) is 0 Å². The summed E-state index contributed by atoms with van der Waals surface area (Å²) in [6, 6.07) is 5.79. The third kappa shape index (κ3) is 3.41. The molecule has 0 amide bonds. The van der Waals surface area contributed by atoms with E-state index in [2.05, 4.69) is 0 Å². The van der Waals surface area contributed by atoms with Gasteiger partial charge in [0.2, 0.25) is 0 Å². The van der Waals surface area contributed by atoms with Gasteiger partial charge in [-0.25, -0.2) is 0 Å². The number of hydrogen-bond donors (Lipinski definition) is 1. The summed E-state index contributed by atoms with van der Waals surface area (Å²) >= 11 is 0. The average molecular weight is 264 g/mol. The van der Waals surface area contributed by atoms with Crippen LogP contribution in [0, 0.1) is 5.92 Å². The summed E-state index contributed by atoms with van der Waals surface area (Å²) in [4.78, 5) is 0. The Morgan fingerprint density at radius 3 is 2.37 bits per heavy atom. The van der Waals surface area contributed by atoms with Crippen LogP contribution < -0.4 is 9.47 Å². The minimum atomic E-state index is -0.377. The normalized spacial score (nSPS) is 17.4. The summed E-state index contributed by atoms with van der Waals surface area (Å²) in [6.45, 7) is 5.13. The highest BCUT2D eigenvalue weighted by molar-refractivity contribution is 5.43. The molecule has 0 heterocycles. The molecule has 3 nitrogen and oxygen atoms in total. The van der Waals surface area contributed by atoms with Crippen molar-refractivity contribution in [1.82, 2.24) is 0 Å². The molecule has 0 saturated heterocycles. The van der Waals surface area contributed by atoms with E-state index in [0.29, 0.717) is 19.1 Å². The molecule has 1 aliphatic carbocycles. The minimum absolute atomic E-state index is 0.377. The van der Waals surface area contributed by atoms with E-state index in [4.69, 9.17) is 9.47 Å². The van der Waals surface area contributed by atoms with Gasteiger partial charge in [-0.2, -0.15) is 0 Å². The van der Waals surface area contributed by atoms with Crippen LogP contribution in [0.2, 0.25) is 0 Å². The van der Waals surface area contributed by atoms with Gasteiger partial charge in [0.05, 0.1) is 19.3 Å². The van der Waals surface area contributed by atoms with Gasteiger partial charge in [0.25, 0.3) is 0 Å². The Bertz CT molecular complexity index is 397. The predicted molar refractivity (Wildman–Crippen MR) is 75.7 cm³/mol. The second-order valence-electron chi connectivity index (χ2n) is 5.06. The van der Waals surface area contributed by atoms with Gasteiger partial charge in [0.15, 0.2) is 11.5 Å². The first-order valence-corrected chi connectivity index (χ1v) is 7.33. The van der Waals surface area contributed by atoms with Crippen molar-refractivity contribution in [3.8, 4) is 11.5 Å². The molecule has 2 rings (SSSR count). The van der Waals surface area contributed by atoms with E-state index in [1.807, 2.05) is 32.0 Å². The second-order valence-corrected chi connectivity index (χ2v) is 5.06. The molecule has 1 aliphatic rings. The molecule has 1 aromatic rings. The van der Waals surface area contributed by atoms with Crippen LogP contribution in [-0.4, -0.2) is 18.3 Å². The maximum absolute atomic E-state index is 10.4. The Labute approximate surface area is 115 Å². The number of aliphatic hydroxyl groups excluding tert-OH is 1. The van der Waals surface area contributed by atoms with Crippen LogP contribution in [0.3, 0.4) is 0 Å². The Hall–Kier alpha value is -1.22. The Morgan fingerprint density at radius 1 is 1.11 bits per heavy atom. The second kappa shape index (κ2) is 6.80. The van der Waals surface area contributed by atoms with E-state index in [-0.39, 0.29) is 6.10 Å². The van der Waals surface area contributed by atoms with Crippen LogP contribution >= 0.6 is 0 Å². The average Bonchev–Trinajstić information content (AvgIpc) is 2.94. The SMILES string of the molecule is CCOc1ccc(C(O)C2CCCC2)cc1OCC.